The molecule has 0 spiro atoms. The van der Waals surface area contributed by atoms with Crippen molar-refractivity contribution in [2.45, 2.75) is 6.54 Å². The molecule has 0 unspecified atom stereocenters. The number of nitriles is 1. The Hall–Kier alpha value is -1.96. The molecule has 0 saturated carbocycles. The van der Waals surface area contributed by atoms with Gasteiger partial charge in [-0.15, -0.1) is 0 Å². The van der Waals surface area contributed by atoms with Crippen LogP contribution in [-0.4, -0.2) is 6.61 Å². The van der Waals surface area contributed by atoms with Crippen molar-refractivity contribution < 1.29 is 9.13 Å². The minimum absolute atomic E-state index is 0.0000594. The summed E-state index contributed by atoms with van der Waals surface area (Å²) in [6, 6.07) is 12.2. The van der Waals surface area contributed by atoms with Gasteiger partial charge in [0.25, 0.3) is 0 Å². The predicted molar refractivity (Wildman–Crippen MR) is 81.3 cm³/mol. The molecular weight excluding hydrogens is 314 g/mol. The quantitative estimate of drug-likeness (QED) is 0.814. The molecule has 0 aliphatic rings. The number of ether oxygens (including phenoxy) is 1. The first-order valence-corrected chi connectivity index (χ1v) is 6.83. The molecular formula is C15H11Cl2FN2O. The number of hydrogen-bond donors (Lipinski definition) is 1. The van der Waals surface area contributed by atoms with E-state index < -0.39 is 5.82 Å². The molecule has 21 heavy (non-hydrogen) atoms. The van der Waals surface area contributed by atoms with Crippen LogP contribution < -0.4 is 10.1 Å². The van der Waals surface area contributed by atoms with E-state index in [2.05, 4.69) is 5.32 Å². The van der Waals surface area contributed by atoms with Crippen LogP contribution in [0.25, 0.3) is 0 Å². The highest BCUT2D eigenvalue weighted by atomic mass is 35.5. The van der Waals surface area contributed by atoms with Crippen LogP contribution >= 0.6 is 23.2 Å². The second kappa shape index (κ2) is 7.16. The molecule has 0 aromatic heterocycles. The first-order chi connectivity index (χ1) is 10.1. The highest BCUT2D eigenvalue weighted by Gasteiger charge is 2.07. The van der Waals surface area contributed by atoms with E-state index in [-0.39, 0.29) is 16.7 Å². The van der Waals surface area contributed by atoms with Crippen molar-refractivity contribution in [3.8, 4) is 11.8 Å². The van der Waals surface area contributed by atoms with Crippen molar-refractivity contribution in [1.29, 1.82) is 5.26 Å². The lowest BCUT2D eigenvalue weighted by Gasteiger charge is -2.09. The van der Waals surface area contributed by atoms with Gasteiger partial charge in [0, 0.05) is 12.2 Å². The maximum atomic E-state index is 13.3. The Kier molecular flexibility index (Phi) is 5.26. The Morgan fingerprint density at radius 1 is 1.19 bits per heavy atom. The second-order valence-electron chi connectivity index (χ2n) is 4.20. The normalized spacial score (nSPS) is 10.0. The number of halogens is 3. The zero-order chi connectivity index (χ0) is 15.2. The average molecular weight is 325 g/mol. The second-order valence-corrected chi connectivity index (χ2v) is 5.02. The van der Waals surface area contributed by atoms with Crippen LogP contribution in [0.5, 0.6) is 5.75 Å². The summed E-state index contributed by atoms with van der Waals surface area (Å²) in [5.41, 5.74) is 1.57. The van der Waals surface area contributed by atoms with E-state index in [1.165, 1.54) is 12.1 Å². The van der Waals surface area contributed by atoms with Gasteiger partial charge in [-0.2, -0.15) is 5.26 Å². The van der Waals surface area contributed by atoms with E-state index in [9.17, 15) is 4.39 Å². The van der Waals surface area contributed by atoms with Gasteiger partial charge in [-0.3, -0.25) is 0 Å². The Labute approximate surface area is 131 Å². The Morgan fingerprint density at radius 2 is 1.90 bits per heavy atom. The van der Waals surface area contributed by atoms with Crippen molar-refractivity contribution in [3.63, 3.8) is 0 Å². The number of anilines is 1. The third-order valence-corrected chi connectivity index (χ3v) is 3.23. The zero-order valence-corrected chi connectivity index (χ0v) is 12.4. The molecule has 2 rings (SSSR count). The van der Waals surface area contributed by atoms with E-state index in [0.29, 0.717) is 18.0 Å². The smallest absolute Gasteiger partial charge is 0.174 e. The van der Waals surface area contributed by atoms with Gasteiger partial charge in [-0.1, -0.05) is 35.3 Å². The van der Waals surface area contributed by atoms with Crippen LogP contribution in [0, 0.1) is 17.1 Å². The third kappa shape index (κ3) is 4.25. The number of nitrogens with one attached hydrogen (secondary N) is 1. The summed E-state index contributed by atoms with van der Waals surface area (Å²) >= 11 is 11.5. The molecule has 0 radical (unpaired) electrons. The maximum absolute atomic E-state index is 13.3. The van der Waals surface area contributed by atoms with E-state index >= 15 is 0 Å². The van der Waals surface area contributed by atoms with Gasteiger partial charge in [0.1, 0.15) is 11.8 Å². The Morgan fingerprint density at radius 3 is 2.57 bits per heavy atom. The fraction of sp³-hybridized carbons (Fsp3) is 0.133. The topological polar surface area (TPSA) is 45.0 Å². The lowest BCUT2D eigenvalue weighted by atomic mass is 10.2. The van der Waals surface area contributed by atoms with E-state index in [1.807, 2.05) is 24.3 Å². The fourth-order valence-electron chi connectivity index (χ4n) is 1.72. The van der Waals surface area contributed by atoms with Gasteiger partial charge in [-0.25, -0.2) is 4.39 Å². The van der Waals surface area contributed by atoms with Crippen LogP contribution in [0.4, 0.5) is 10.1 Å². The van der Waals surface area contributed by atoms with Crippen molar-refractivity contribution in [3.05, 3.63) is 57.8 Å². The summed E-state index contributed by atoms with van der Waals surface area (Å²) in [5, 5.41) is 11.5. The van der Waals surface area contributed by atoms with Crippen LogP contribution in [-0.2, 0) is 6.54 Å². The molecule has 6 heteroatoms. The molecule has 0 aliphatic heterocycles. The van der Waals surface area contributed by atoms with Crippen LogP contribution in [0.2, 0.25) is 10.0 Å². The molecule has 0 bridgehead atoms. The summed E-state index contributed by atoms with van der Waals surface area (Å²) in [7, 11) is 0. The molecule has 0 aliphatic carbocycles. The highest BCUT2D eigenvalue weighted by molar-refractivity contribution is 6.35. The molecule has 0 saturated heterocycles. The molecule has 0 fully saturated rings. The molecule has 0 heterocycles. The average Bonchev–Trinajstić information content (AvgIpc) is 2.49. The van der Waals surface area contributed by atoms with Gasteiger partial charge >= 0.3 is 0 Å². The van der Waals surface area contributed by atoms with E-state index in [0.717, 1.165) is 5.56 Å². The molecule has 1 N–H and O–H groups in total. The van der Waals surface area contributed by atoms with Crippen LogP contribution in [0.15, 0.2) is 36.4 Å². The minimum Gasteiger partial charge on any atom is -0.479 e. The van der Waals surface area contributed by atoms with E-state index in [1.54, 1.807) is 6.07 Å². The summed E-state index contributed by atoms with van der Waals surface area (Å²) < 4.78 is 18.5. The lowest BCUT2D eigenvalue weighted by molar-refractivity contribution is 0.368. The van der Waals surface area contributed by atoms with Crippen molar-refractivity contribution in [2.75, 3.05) is 11.9 Å². The zero-order valence-electron chi connectivity index (χ0n) is 10.9. The first kappa shape index (κ1) is 15.4. The number of rotatable bonds is 5. The fourth-order valence-corrected chi connectivity index (χ4v) is 2.21. The van der Waals surface area contributed by atoms with Crippen molar-refractivity contribution in [1.82, 2.24) is 0 Å². The monoisotopic (exact) mass is 324 g/mol. The number of benzene rings is 2. The van der Waals surface area contributed by atoms with Gasteiger partial charge in [0.15, 0.2) is 12.4 Å². The van der Waals surface area contributed by atoms with Crippen LogP contribution in [0.3, 0.4) is 0 Å². The lowest BCUT2D eigenvalue weighted by Crippen LogP contribution is -2.01. The molecule has 3 nitrogen and oxygen atoms in total. The summed E-state index contributed by atoms with van der Waals surface area (Å²) in [6.45, 7) is 0.488. The van der Waals surface area contributed by atoms with Gasteiger partial charge in [-0.05, 0) is 29.8 Å². The Balaban J connectivity index is 2.05. The van der Waals surface area contributed by atoms with Gasteiger partial charge in [0.2, 0.25) is 0 Å². The van der Waals surface area contributed by atoms with Crippen molar-refractivity contribution in [2.24, 2.45) is 0 Å². The SMILES string of the molecule is N#CCOc1cccc(CNc2cc(Cl)c(F)c(Cl)c2)c1. The van der Waals surface area contributed by atoms with E-state index in [4.69, 9.17) is 33.2 Å². The minimum atomic E-state index is -0.629. The maximum Gasteiger partial charge on any atom is 0.174 e. The molecule has 108 valence electrons. The first-order valence-electron chi connectivity index (χ1n) is 6.07. The predicted octanol–water partition coefficient (Wildman–Crippen LogP) is 4.65. The third-order valence-electron chi connectivity index (χ3n) is 2.68. The molecule has 0 atom stereocenters. The van der Waals surface area contributed by atoms with Gasteiger partial charge < -0.3 is 10.1 Å². The summed E-state index contributed by atoms with van der Waals surface area (Å²) in [4.78, 5) is 0. The molecule has 2 aromatic carbocycles. The highest BCUT2D eigenvalue weighted by Crippen LogP contribution is 2.27. The number of hydrogen-bond acceptors (Lipinski definition) is 3. The molecule has 0 amide bonds. The largest absolute Gasteiger partial charge is 0.479 e. The summed E-state index contributed by atoms with van der Waals surface area (Å²) in [5.74, 6) is -0.0122. The van der Waals surface area contributed by atoms with Gasteiger partial charge in [0.05, 0.1) is 10.0 Å². The molecule has 2 aromatic rings. The Bertz CT molecular complexity index is 663. The van der Waals surface area contributed by atoms with Crippen LogP contribution in [0.1, 0.15) is 5.56 Å². The summed E-state index contributed by atoms with van der Waals surface area (Å²) in [6.07, 6.45) is 0. The number of nitrogens with zero attached hydrogens (tertiary/aromatic N) is 1. The van der Waals surface area contributed by atoms with Crippen molar-refractivity contribution >= 4 is 28.9 Å². The standard InChI is InChI=1S/C15H11Cl2FN2O/c16-13-7-11(8-14(17)15(13)18)20-9-10-2-1-3-12(6-10)21-5-4-19/h1-3,6-8,20H,5,9H2.